The van der Waals surface area contributed by atoms with Crippen LogP contribution in [0.5, 0.6) is 0 Å². The van der Waals surface area contributed by atoms with E-state index in [2.05, 4.69) is 10.3 Å². The van der Waals surface area contributed by atoms with Crippen molar-refractivity contribution in [3.8, 4) is 0 Å². The molecule has 1 fully saturated rings. The average molecular weight is 286 g/mol. The van der Waals surface area contributed by atoms with Gasteiger partial charge < -0.3 is 21.4 Å². The lowest BCUT2D eigenvalue weighted by Crippen LogP contribution is -2.35. The number of aromatic amines is 1. The van der Waals surface area contributed by atoms with E-state index >= 15 is 0 Å². The van der Waals surface area contributed by atoms with E-state index in [1.807, 2.05) is 12.3 Å². The number of nitrogens with two attached hydrogens (primary N) is 1. The molecule has 21 heavy (non-hydrogen) atoms. The van der Waals surface area contributed by atoms with Crippen molar-refractivity contribution >= 4 is 11.6 Å². The van der Waals surface area contributed by atoms with Crippen molar-refractivity contribution in [2.75, 3.05) is 0 Å². The van der Waals surface area contributed by atoms with E-state index in [4.69, 9.17) is 11.1 Å². The molecule has 5 heteroatoms. The number of carbonyl (C=O) groups excluding carboxylic acids is 1. The van der Waals surface area contributed by atoms with Crippen molar-refractivity contribution in [1.29, 1.82) is 5.41 Å². The van der Waals surface area contributed by atoms with Crippen LogP contribution in [0, 0.1) is 5.41 Å². The smallest absolute Gasteiger partial charge is 0.233 e. The van der Waals surface area contributed by atoms with E-state index in [1.54, 1.807) is 0 Å². The summed E-state index contributed by atoms with van der Waals surface area (Å²) >= 11 is 0. The molecule has 2 aliphatic carbocycles. The Morgan fingerprint density at radius 3 is 2.90 bits per heavy atom. The number of fused-ring (bicyclic) bond motifs is 1. The first-order valence-corrected chi connectivity index (χ1v) is 7.70. The van der Waals surface area contributed by atoms with Gasteiger partial charge in [0.15, 0.2) is 0 Å². The SMILES string of the molecule is N=C1CCCC/C1=C(\N)NC(=O)C1CCCc2[nH]ccc21. The number of aromatic nitrogens is 1. The average Bonchev–Trinajstić information content (AvgIpc) is 2.95. The second kappa shape index (κ2) is 5.76. The minimum absolute atomic E-state index is 0.0427. The molecule has 0 aromatic carbocycles. The summed E-state index contributed by atoms with van der Waals surface area (Å²) in [6.45, 7) is 0. The monoisotopic (exact) mass is 286 g/mol. The highest BCUT2D eigenvalue weighted by molar-refractivity contribution is 5.99. The van der Waals surface area contributed by atoms with Crippen molar-refractivity contribution in [3.63, 3.8) is 0 Å². The molecule has 112 valence electrons. The number of aryl methyl sites for hydroxylation is 1. The van der Waals surface area contributed by atoms with Crippen molar-refractivity contribution in [1.82, 2.24) is 10.3 Å². The summed E-state index contributed by atoms with van der Waals surface area (Å²) in [5, 5.41) is 10.8. The minimum Gasteiger partial charge on any atom is -0.385 e. The van der Waals surface area contributed by atoms with E-state index in [0.29, 0.717) is 11.5 Å². The molecule has 1 heterocycles. The summed E-state index contributed by atoms with van der Waals surface area (Å²) in [6, 6.07) is 1.99. The maximum Gasteiger partial charge on any atom is 0.233 e. The molecule has 1 atom stereocenters. The van der Waals surface area contributed by atoms with Crippen molar-refractivity contribution in [3.05, 3.63) is 34.9 Å². The van der Waals surface area contributed by atoms with Crippen LogP contribution in [0.3, 0.4) is 0 Å². The van der Waals surface area contributed by atoms with Crippen LogP contribution in [-0.2, 0) is 11.2 Å². The van der Waals surface area contributed by atoms with Gasteiger partial charge in [0.1, 0.15) is 5.82 Å². The zero-order valence-corrected chi connectivity index (χ0v) is 12.2. The van der Waals surface area contributed by atoms with Gasteiger partial charge in [-0.25, -0.2) is 0 Å². The van der Waals surface area contributed by atoms with Crippen LogP contribution >= 0.6 is 0 Å². The van der Waals surface area contributed by atoms with Crippen LogP contribution in [-0.4, -0.2) is 16.6 Å². The Labute approximate surface area is 124 Å². The van der Waals surface area contributed by atoms with E-state index in [1.165, 1.54) is 0 Å². The van der Waals surface area contributed by atoms with Gasteiger partial charge in [0.2, 0.25) is 5.91 Å². The molecule has 5 N–H and O–H groups in total. The van der Waals surface area contributed by atoms with E-state index < -0.39 is 0 Å². The molecule has 1 aromatic rings. The second-order valence-corrected chi connectivity index (χ2v) is 5.92. The summed E-state index contributed by atoms with van der Waals surface area (Å²) < 4.78 is 0. The van der Waals surface area contributed by atoms with Crippen molar-refractivity contribution < 1.29 is 4.79 Å². The third-order valence-electron chi connectivity index (χ3n) is 4.53. The molecule has 0 bridgehead atoms. The lowest BCUT2D eigenvalue weighted by Gasteiger charge is -2.23. The fourth-order valence-corrected chi connectivity index (χ4v) is 3.37. The van der Waals surface area contributed by atoms with Gasteiger partial charge in [0, 0.05) is 23.2 Å². The van der Waals surface area contributed by atoms with Gasteiger partial charge >= 0.3 is 0 Å². The van der Waals surface area contributed by atoms with Gasteiger partial charge in [-0.1, -0.05) is 0 Å². The quantitative estimate of drug-likeness (QED) is 0.671. The first-order chi connectivity index (χ1) is 10.2. The molecule has 0 saturated heterocycles. The molecule has 3 rings (SSSR count). The number of hydrogen-bond acceptors (Lipinski definition) is 3. The van der Waals surface area contributed by atoms with Crippen LogP contribution in [0.25, 0.3) is 0 Å². The maximum absolute atomic E-state index is 12.5. The molecule has 2 aliphatic rings. The van der Waals surface area contributed by atoms with Crippen LogP contribution < -0.4 is 11.1 Å². The predicted molar refractivity (Wildman–Crippen MR) is 82.0 cm³/mol. The molecule has 0 radical (unpaired) electrons. The van der Waals surface area contributed by atoms with Crippen LogP contribution in [0.4, 0.5) is 0 Å². The third kappa shape index (κ3) is 2.73. The van der Waals surface area contributed by atoms with E-state index in [9.17, 15) is 4.79 Å². The third-order valence-corrected chi connectivity index (χ3v) is 4.53. The fourth-order valence-electron chi connectivity index (χ4n) is 3.37. The van der Waals surface area contributed by atoms with Gasteiger partial charge in [-0.05, 0) is 56.6 Å². The van der Waals surface area contributed by atoms with Crippen molar-refractivity contribution in [2.45, 2.75) is 50.9 Å². The highest BCUT2D eigenvalue weighted by Gasteiger charge is 2.28. The zero-order chi connectivity index (χ0) is 14.8. The number of nitrogens with one attached hydrogen (secondary N) is 3. The van der Waals surface area contributed by atoms with Gasteiger partial charge in [-0.3, -0.25) is 4.79 Å². The molecule has 1 unspecified atom stereocenters. The topological polar surface area (TPSA) is 94.8 Å². The maximum atomic E-state index is 12.5. The standard InChI is InChI=1S/C16H22N4O/c17-13-6-2-1-4-12(13)15(18)20-16(21)11-5-3-7-14-10(11)8-9-19-14/h8-9,11,17,19H,1-7,18H2,(H,20,21)/b15-12-,17-13?. The predicted octanol–water partition coefficient (Wildman–Crippen LogP) is 2.31. The van der Waals surface area contributed by atoms with E-state index in [0.717, 1.165) is 61.8 Å². The number of carbonyl (C=O) groups is 1. The normalized spacial score (nSPS) is 24.4. The summed E-state index contributed by atoms with van der Waals surface area (Å²) in [5.41, 5.74) is 9.69. The number of allylic oxidation sites excluding steroid dienone is 1. The number of hydrogen-bond donors (Lipinski definition) is 4. The largest absolute Gasteiger partial charge is 0.385 e. The Hall–Kier alpha value is -2.04. The van der Waals surface area contributed by atoms with Gasteiger partial charge in [0.05, 0.1) is 5.92 Å². The second-order valence-electron chi connectivity index (χ2n) is 5.92. The number of rotatable bonds is 2. The Bertz CT molecular complexity index is 599. The Balaban J connectivity index is 1.75. The summed E-state index contributed by atoms with van der Waals surface area (Å²) in [5.74, 6) is 0.211. The molecule has 5 nitrogen and oxygen atoms in total. The Kier molecular flexibility index (Phi) is 3.82. The number of amides is 1. The molecule has 0 aliphatic heterocycles. The molecule has 1 amide bonds. The lowest BCUT2D eigenvalue weighted by atomic mass is 9.86. The zero-order valence-electron chi connectivity index (χ0n) is 12.2. The minimum atomic E-state index is -0.128. The highest BCUT2D eigenvalue weighted by atomic mass is 16.2. The van der Waals surface area contributed by atoms with E-state index in [-0.39, 0.29) is 11.8 Å². The van der Waals surface area contributed by atoms with Crippen LogP contribution in [0.2, 0.25) is 0 Å². The highest BCUT2D eigenvalue weighted by Crippen LogP contribution is 2.31. The molecular weight excluding hydrogens is 264 g/mol. The summed E-state index contributed by atoms with van der Waals surface area (Å²) in [7, 11) is 0. The van der Waals surface area contributed by atoms with Gasteiger partial charge in [-0.2, -0.15) is 0 Å². The van der Waals surface area contributed by atoms with Crippen molar-refractivity contribution in [2.24, 2.45) is 5.73 Å². The Morgan fingerprint density at radius 2 is 2.10 bits per heavy atom. The van der Waals surface area contributed by atoms with Crippen LogP contribution in [0.1, 0.15) is 55.7 Å². The van der Waals surface area contributed by atoms with Crippen LogP contribution in [0.15, 0.2) is 23.7 Å². The Morgan fingerprint density at radius 1 is 1.29 bits per heavy atom. The summed E-state index contributed by atoms with van der Waals surface area (Å²) in [6.07, 6.45) is 8.41. The first kappa shape index (κ1) is 13.9. The number of H-pyrrole nitrogens is 1. The lowest BCUT2D eigenvalue weighted by molar-refractivity contribution is -0.122. The van der Waals surface area contributed by atoms with Gasteiger partial charge in [-0.15, -0.1) is 0 Å². The molecule has 1 saturated carbocycles. The molecule has 1 aromatic heterocycles. The van der Waals surface area contributed by atoms with Gasteiger partial charge in [0.25, 0.3) is 0 Å². The summed E-state index contributed by atoms with van der Waals surface area (Å²) in [4.78, 5) is 15.7. The fraction of sp³-hybridized carbons (Fsp3) is 0.500. The molecule has 0 spiro atoms. The molecular formula is C16H22N4O. The first-order valence-electron chi connectivity index (χ1n) is 7.70.